The number of hydrogen-bond donors (Lipinski definition) is 1. The molecule has 0 saturated heterocycles. The first-order valence-corrected chi connectivity index (χ1v) is 10.3. The Morgan fingerprint density at radius 3 is 1.43 bits per heavy atom. The highest BCUT2D eigenvalue weighted by Crippen LogP contribution is 2.43. The Bertz CT molecular complexity index is 246. The molecule has 0 saturated carbocycles. The highest BCUT2D eigenvalue weighted by Gasteiger charge is 2.19. The monoisotopic (exact) mass is 342 g/mol. The van der Waals surface area contributed by atoms with Gasteiger partial charge in [-0.05, 0) is 37.3 Å². The first-order valence-electron chi connectivity index (χ1n) is 8.21. The van der Waals surface area contributed by atoms with E-state index in [4.69, 9.17) is 13.9 Å². The molecule has 0 fully saturated rings. The largest absolute Gasteiger partial charge is 0.472 e. The van der Waals surface area contributed by atoms with E-state index in [1.54, 1.807) is 0 Å². The zero-order valence-electron chi connectivity index (χ0n) is 14.6. The average molecular weight is 342 g/mol. The van der Waals surface area contributed by atoms with Crippen molar-refractivity contribution in [2.45, 2.75) is 84.7 Å². The molecular formula is C15H36O4P2. The number of unbranched alkanes of at least 4 members (excludes halogenated alkanes) is 2. The molecule has 1 atom stereocenters. The number of phosphoric ester groups is 1. The zero-order chi connectivity index (χ0) is 16.8. The van der Waals surface area contributed by atoms with Gasteiger partial charge in [0, 0.05) is 0 Å². The third-order valence-electron chi connectivity index (χ3n) is 3.62. The maximum Gasteiger partial charge on any atom is 0.472 e. The van der Waals surface area contributed by atoms with Crippen molar-refractivity contribution in [1.29, 1.82) is 0 Å². The van der Waals surface area contributed by atoms with Crippen molar-refractivity contribution >= 4 is 17.1 Å². The standard InChI is InChI=1S/C8H19O4P.C7H17P/c1-3-5-7-11-13(9,10)12-8-6-4-2;1-4-7(8,5-2)6-3/h3-8H2,1-2H3,(H,9,10);4-6,8H2,1-3H3. The normalized spacial score (nSPS) is 12.0. The van der Waals surface area contributed by atoms with Crippen LogP contribution in [0.4, 0.5) is 0 Å². The Morgan fingerprint density at radius 1 is 0.905 bits per heavy atom. The summed E-state index contributed by atoms with van der Waals surface area (Å²) in [4.78, 5) is 9.08. The van der Waals surface area contributed by atoms with E-state index in [1.807, 2.05) is 13.8 Å². The number of rotatable bonds is 11. The number of hydrogen-bond acceptors (Lipinski definition) is 3. The van der Waals surface area contributed by atoms with Crippen molar-refractivity contribution in [1.82, 2.24) is 0 Å². The lowest BCUT2D eigenvalue weighted by Crippen LogP contribution is -2.15. The van der Waals surface area contributed by atoms with Crippen molar-refractivity contribution < 1.29 is 18.5 Å². The van der Waals surface area contributed by atoms with Gasteiger partial charge in [-0.1, -0.05) is 47.5 Å². The van der Waals surface area contributed by atoms with Gasteiger partial charge in [-0.25, -0.2) is 4.57 Å². The van der Waals surface area contributed by atoms with Crippen LogP contribution in [-0.2, 0) is 13.6 Å². The molecule has 130 valence electrons. The van der Waals surface area contributed by atoms with Crippen LogP contribution in [0, 0.1) is 0 Å². The van der Waals surface area contributed by atoms with Crippen molar-refractivity contribution in [3.05, 3.63) is 0 Å². The zero-order valence-corrected chi connectivity index (χ0v) is 16.6. The lowest BCUT2D eigenvalue weighted by Gasteiger charge is -2.23. The summed E-state index contributed by atoms with van der Waals surface area (Å²) >= 11 is 0. The fourth-order valence-electron chi connectivity index (χ4n) is 1.44. The molecule has 6 heteroatoms. The van der Waals surface area contributed by atoms with E-state index < -0.39 is 7.82 Å². The molecule has 0 aromatic carbocycles. The van der Waals surface area contributed by atoms with Gasteiger partial charge in [0.2, 0.25) is 0 Å². The summed E-state index contributed by atoms with van der Waals surface area (Å²) < 4.78 is 20.5. The molecular weight excluding hydrogens is 306 g/mol. The highest BCUT2D eigenvalue weighted by atomic mass is 31.2. The Kier molecular flexibility index (Phi) is 16.0. The van der Waals surface area contributed by atoms with E-state index in [0.29, 0.717) is 5.16 Å². The molecule has 0 rings (SSSR count). The molecule has 0 aromatic heterocycles. The summed E-state index contributed by atoms with van der Waals surface area (Å²) in [6.07, 6.45) is 7.29. The highest BCUT2D eigenvalue weighted by molar-refractivity contribution is 7.47. The summed E-state index contributed by atoms with van der Waals surface area (Å²) in [5, 5.41) is 0.542. The van der Waals surface area contributed by atoms with Crippen LogP contribution in [0.15, 0.2) is 0 Å². The summed E-state index contributed by atoms with van der Waals surface area (Å²) in [5.41, 5.74) is 0. The maximum absolute atomic E-state index is 11.1. The second-order valence-corrected chi connectivity index (χ2v) is 7.94. The van der Waals surface area contributed by atoms with Crippen LogP contribution < -0.4 is 0 Å². The van der Waals surface area contributed by atoms with Gasteiger partial charge in [0.15, 0.2) is 0 Å². The minimum atomic E-state index is -3.75. The molecule has 0 amide bonds. The predicted octanol–water partition coefficient (Wildman–Crippen LogP) is 5.55. The van der Waals surface area contributed by atoms with Gasteiger partial charge in [-0.2, -0.15) is 0 Å². The van der Waals surface area contributed by atoms with Crippen LogP contribution in [0.2, 0.25) is 0 Å². The first kappa shape index (κ1) is 23.8. The fourth-order valence-corrected chi connectivity index (χ4v) is 2.23. The van der Waals surface area contributed by atoms with Crippen molar-refractivity contribution in [3.8, 4) is 0 Å². The van der Waals surface area contributed by atoms with Gasteiger partial charge in [-0.15, -0.1) is 9.24 Å². The summed E-state index contributed by atoms with van der Waals surface area (Å²) in [6, 6.07) is 0. The van der Waals surface area contributed by atoms with Crippen molar-refractivity contribution in [3.63, 3.8) is 0 Å². The fraction of sp³-hybridized carbons (Fsp3) is 1.00. The molecule has 0 bridgehead atoms. The average Bonchev–Trinajstić information content (AvgIpc) is 2.47. The van der Waals surface area contributed by atoms with Crippen LogP contribution in [0.5, 0.6) is 0 Å². The molecule has 1 N–H and O–H groups in total. The second-order valence-electron chi connectivity index (χ2n) is 5.27. The molecule has 0 heterocycles. The van der Waals surface area contributed by atoms with Gasteiger partial charge < -0.3 is 4.89 Å². The van der Waals surface area contributed by atoms with Crippen LogP contribution in [-0.4, -0.2) is 23.3 Å². The van der Waals surface area contributed by atoms with Crippen molar-refractivity contribution in [2.24, 2.45) is 0 Å². The van der Waals surface area contributed by atoms with Crippen LogP contribution in [0.25, 0.3) is 0 Å². The Hall–Kier alpha value is 0.540. The molecule has 0 aliphatic carbocycles. The SMILES string of the molecule is CCC(P)(CC)CC.CCCCOP(=O)(O)OCCCC. The third-order valence-corrected chi connectivity index (χ3v) is 5.86. The number of phosphoric acid groups is 1. The molecule has 0 radical (unpaired) electrons. The minimum Gasteiger partial charge on any atom is -0.302 e. The van der Waals surface area contributed by atoms with Crippen LogP contribution in [0.1, 0.15) is 79.6 Å². The van der Waals surface area contributed by atoms with Gasteiger partial charge in [-0.3, -0.25) is 9.05 Å². The van der Waals surface area contributed by atoms with E-state index in [2.05, 4.69) is 30.0 Å². The lowest BCUT2D eigenvalue weighted by atomic mass is 9.99. The van der Waals surface area contributed by atoms with Gasteiger partial charge in [0.1, 0.15) is 0 Å². The van der Waals surface area contributed by atoms with E-state index in [9.17, 15) is 4.57 Å². The van der Waals surface area contributed by atoms with Crippen LogP contribution >= 0.6 is 17.1 Å². The Labute approximate surface area is 134 Å². The summed E-state index contributed by atoms with van der Waals surface area (Å²) in [5.74, 6) is 0. The predicted molar refractivity (Wildman–Crippen MR) is 94.9 cm³/mol. The third kappa shape index (κ3) is 15.2. The van der Waals surface area contributed by atoms with Gasteiger partial charge >= 0.3 is 7.82 Å². The summed E-state index contributed by atoms with van der Waals surface area (Å²) in [7, 11) is -0.807. The molecule has 0 aliphatic rings. The van der Waals surface area contributed by atoms with Gasteiger partial charge in [0.25, 0.3) is 0 Å². The van der Waals surface area contributed by atoms with Gasteiger partial charge in [0.05, 0.1) is 13.2 Å². The molecule has 0 aliphatic heterocycles. The van der Waals surface area contributed by atoms with E-state index in [0.717, 1.165) is 25.7 Å². The first-order chi connectivity index (χ1) is 9.80. The second kappa shape index (κ2) is 14.2. The Morgan fingerprint density at radius 2 is 1.24 bits per heavy atom. The Balaban J connectivity index is 0. The molecule has 0 aromatic rings. The summed E-state index contributed by atoms with van der Waals surface area (Å²) in [6.45, 7) is 11.3. The molecule has 4 nitrogen and oxygen atoms in total. The quantitative estimate of drug-likeness (QED) is 0.395. The maximum atomic E-state index is 11.1. The minimum absolute atomic E-state index is 0.288. The molecule has 1 unspecified atom stereocenters. The topological polar surface area (TPSA) is 55.8 Å². The van der Waals surface area contributed by atoms with Crippen LogP contribution in [0.3, 0.4) is 0 Å². The lowest BCUT2D eigenvalue weighted by molar-refractivity contribution is 0.146. The smallest absolute Gasteiger partial charge is 0.302 e. The molecule has 21 heavy (non-hydrogen) atoms. The van der Waals surface area contributed by atoms with E-state index >= 15 is 0 Å². The van der Waals surface area contributed by atoms with E-state index in [-0.39, 0.29) is 13.2 Å². The molecule has 0 spiro atoms. The van der Waals surface area contributed by atoms with Crippen molar-refractivity contribution in [2.75, 3.05) is 13.2 Å². The van der Waals surface area contributed by atoms with E-state index in [1.165, 1.54) is 19.3 Å².